The monoisotopic (exact) mass is 264 g/mol. The minimum atomic E-state index is -0.645. The molecule has 0 amide bonds. The molecule has 6 heteroatoms. The van der Waals surface area contributed by atoms with Crippen molar-refractivity contribution in [2.75, 3.05) is 7.11 Å². The fraction of sp³-hybridized carbons (Fsp3) is 0.385. The Balaban J connectivity index is 2.44. The molecule has 0 fully saturated rings. The van der Waals surface area contributed by atoms with Gasteiger partial charge in [-0.15, -0.1) is 0 Å². The van der Waals surface area contributed by atoms with Crippen LogP contribution >= 0.6 is 0 Å². The van der Waals surface area contributed by atoms with E-state index in [1.807, 2.05) is 13.8 Å². The van der Waals surface area contributed by atoms with E-state index in [4.69, 9.17) is 9.26 Å². The molecule has 0 spiro atoms. The Morgan fingerprint density at radius 3 is 2.74 bits per heavy atom. The molecule has 19 heavy (non-hydrogen) atoms. The molecule has 0 bridgehead atoms. The van der Waals surface area contributed by atoms with Crippen molar-refractivity contribution in [3.63, 3.8) is 0 Å². The fourth-order valence-electron chi connectivity index (χ4n) is 1.65. The lowest BCUT2D eigenvalue weighted by Gasteiger charge is -2.21. The van der Waals surface area contributed by atoms with Gasteiger partial charge in [0.2, 0.25) is 5.82 Å². The number of nitrogens with zero attached hydrogens (tertiary/aromatic N) is 2. The lowest BCUT2D eigenvalue weighted by atomic mass is 10.0. The van der Waals surface area contributed by atoms with E-state index in [2.05, 4.69) is 10.1 Å². The van der Waals surface area contributed by atoms with Gasteiger partial charge >= 0.3 is 0 Å². The Hall–Kier alpha value is -2.08. The maximum atomic E-state index is 9.77. The Morgan fingerprint density at radius 1 is 1.37 bits per heavy atom. The highest BCUT2D eigenvalue weighted by Crippen LogP contribution is 2.36. The molecule has 1 aromatic heterocycles. The lowest BCUT2D eigenvalue weighted by molar-refractivity contribution is -0.0106. The third-order valence-corrected chi connectivity index (χ3v) is 3.27. The van der Waals surface area contributed by atoms with Gasteiger partial charge in [-0.25, -0.2) is 0 Å². The van der Waals surface area contributed by atoms with Crippen molar-refractivity contribution in [1.29, 1.82) is 0 Å². The number of aromatic nitrogens is 2. The quantitative estimate of drug-likeness (QED) is 0.824. The van der Waals surface area contributed by atoms with Gasteiger partial charge in [0.05, 0.1) is 5.56 Å². The topological polar surface area (TPSA) is 88.6 Å². The first-order valence-electron chi connectivity index (χ1n) is 5.92. The number of rotatable bonds is 4. The van der Waals surface area contributed by atoms with E-state index in [9.17, 15) is 10.2 Å². The van der Waals surface area contributed by atoms with Crippen LogP contribution < -0.4 is 0 Å². The second-order valence-electron chi connectivity index (χ2n) is 4.38. The average molecular weight is 264 g/mol. The van der Waals surface area contributed by atoms with Crippen molar-refractivity contribution in [3.05, 3.63) is 24.0 Å². The van der Waals surface area contributed by atoms with Crippen LogP contribution in [-0.2, 0) is 10.3 Å². The minimum absolute atomic E-state index is 0.139. The standard InChI is InChI=1S/C13H16N2O4/c1-4-13(2,18-3)12-14-11(19-15-12)8-6-5-7-9(16)10(8)17/h5-7,16-17H,4H2,1-3H3. The third kappa shape index (κ3) is 2.26. The van der Waals surface area contributed by atoms with Crippen molar-refractivity contribution in [3.8, 4) is 23.0 Å². The van der Waals surface area contributed by atoms with E-state index in [1.165, 1.54) is 6.07 Å². The molecule has 2 N–H and O–H groups in total. The Bertz CT molecular complexity index is 576. The molecule has 1 aromatic carbocycles. The summed E-state index contributed by atoms with van der Waals surface area (Å²) in [6.07, 6.45) is 0.675. The van der Waals surface area contributed by atoms with Gasteiger partial charge in [0.1, 0.15) is 5.60 Å². The van der Waals surface area contributed by atoms with Gasteiger partial charge in [-0.1, -0.05) is 18.1 Å². The molecule has 2 aromatic rings. The number of methoxy groups -OCH3 is 1. The number of phenols is 2. The van der Waals surface area contributed by atoms with E-state index in [0.717, 1.165) is 0 Å². The number of aromatic hydroxyl groups is 2. The highest BCUT2D eigenvalue weighted by atomic mass is 16.5. The summed E-state index contributed by atoms with van der Waals surface area (Å²) in [5.41, 5.74) is -0.359. The molecule has 0 saturated heterocycles. The molecule has 6 nitrogen and oxygen atoms in total. The lowest BCUT2D eigenvalue weighted by Crippen LogP contribution is -2.24. The summed E-state index contributed by atoms with van der Waals surface area (Å²) in [5.74, 6) is 0.0194. The Labute approximate surface area is 110 Å². The van der Waals surface area contributed by atoms with Crippen molar-refractivity contribution in [1.82, 2.24) is 10.1 Å². The summed E-state index contributed by atoms with van der Waals surface area (Å²) >= 11 is 0. The fourth-order valence-corrected chi connectivity index (χ4v) is 1.65. The van der Waals surface area contributed by atoms with Crippen LogP contribution in [0.15, 0.2) is 22.7 Å². The number of hydrogen-bond donors (Lipinski definition) is 2. The van der Waals surface area contributed by atoms with Crippen LogP contribution in [0.4, 0.5) is 0 Å². The van der Waals surface area contributed by atoms with E-state index < -0.39 is 5.60 Å². The third-order valence-electron chi connectivity index (χ3n) is 3.27. The van der Waals surface area contributed by atoms with Crippen LogP contribution in [0.5, 0.6) is 11.5 Å². The summed E-state index contributed by atoms with van der Waals surface area (Å²) in [7, 11) is 1.57. The smallest absolute Gasteiger partial charge is 0.261 e. The molecular formula is C13H16N2O4. The van der Waals surface area contributed by atoms with E-state index in [-0.39, 0.29) is 23.0 Å². The number of phenolic OH excluding ortho intramolecular Hbond substituents is 2. The highest BCUT2D eigenvalue weighted by molar-refractivity contribution is 5.66. The van der Waals surface area contributed by atoms with Crippen LogP contribution in [0.1, 0.15) is 26.1 Å². The van der Waals surface area contributed by atoms with Crippen molar-refractivity contribution in [2.45, 2.75) is 25.9 Å². The van der Waals surface area contributed by atoms with E-state index in [0.29, 0.717) is 12.2 Å². The molecule has 1 atom stereocenters. The molecule has 0 aliphatic carbocycles. The Kier molecular flexibility index (Phi) is 3.44. The maximum Gasteiger partial charge on any atom is 0.261 e. The summed E-state index contributed by atoms with van der Waals surface area (Å²) < 4.78 is 10.5. The van der Waals surface area contributed by atoms with Gasteiger partial charge in [-0.3, -0.25) is 0 Å². The maximum absolute atomic E-state index is 9.77. The largest absolute Gasteiger partial charge is 0.504 e. The second-order valence-corrected chi connectivity index (χ2v) is 4.38. The van der Waals surface area contributed by atoms with Crippen LogP contribution in [0.25, 0.3) is 11.5 Å². The van der Waals surface area contributed by atoms with Gasteiger partial charge in [0.15, 0.2) is 11.5 Å². The molecule has 0 radical (unpaired) electrons. The zero-order valence-corrected chi connectivity index (χ0v) is 11.0. The van der Waals surface area contributed by atoms with Gasteiger partial charge in [0, 0.05) is 7.11 Å². The first-order valence-corrected chi connectivity index (χ1v) is 5.92. The first-order chi connectivity index (χ1) is 9.01. The highest BCUT2D eigenvalue weighted by Gasteiger charge is 2.30. The summed E-state index contributed by atoms with van der Waals surface area (Å²) in [6.45, 7) is 3.80. The van der Waals surface area contributed by atoms with Crippen LogP contribution in [0, 0.1) is 0 Å². The number of para-hydroxylation sites is 1. The zero-order chi connectivity index (χ0) is 14.0. The molecule has 2 rings (SSSR count). The Morgan fingerprint density at radius 2 is 2.11 bits per heavy atom. The van der Waals surface area contributed by atoms with Crippen LogP contribution in [0.3, 0.4) is 0 Å². The van der Waals surface area contributed by atoms with Crippen molar-refractivity contribution in [2.24, 2.45) is 0 Å². The molecule has 0 aliphatic heterocycles. The van der Waals surface area contributed by atoms with Gasteiger partial charge in [-0.05, 0) is 25.5 Å². The summed E-state index contributed by atoms with van der Waals surface area (Å²) in [6, 6.07) is 4.55. The number of hydrogen-bond acceptors (Lipinski definition) is 6. The molecule has 102 valence electrons. The summed E-state index contributed by atoms with van der Waals surface area (Å²) in [5, 5.41) is 23.1. The van der Waals surface area contributed by atoms with E-state index >= 15 is 0 Å². The van der Waals surface area contributed by atoms with Gasteiger partial charge in [0.25, 0.3) is 5.89 Å². The average Bonchev–Trinajstić information content (AvgIpc) is 2.91. The van der Waals surface area contributed by atoms with Crippen LogP contribution in [0.2, 0.25) is 0 Å². The first kappa shape index (κ1) is 13.4. The molecule has 1 unspecified atom stereocenters. The molecule has 0 saturated carbocycles. The van der Waals surface area contributed by atoms with Crippen LogP contribution in [-0.4, -0.2) is 27.5 Å². The predicted molar refractivity (Wildman–Crippen MR) is 67.7 cm³/mol. The SMILES string of the molecule is CCC(C)(OC)c1noc(-c2cccc(O)c2O)n1. The zero-order valence-electron chi connectivity index (χ0n) is 11.0. The number of benzene rings is 1. The predicted octanol–water partition coefficient (Wildman–Crippen LogP) is 2.42. The second kappa shape index (κ2) is 4.89. The molecular weight excluding hydrogens is 248 g/mol. The number of ether oxygens (including phenoxy) is 1. The van der Waals surface area contributed by atoms with Crippen molar-refractivity contribution >= 4 is 0 Å². The van der Waals surface area contributed by atoms with Gasteiger partial charge < -0.3 is 19.5 Å². The molecule has 0 aliphatic rings. The normalized spacial score (nSPS) is 14.3. The minimum Gasteiger partial charge on any atom is -0.504 e. The van der Waals surface area contributed by atoms with Crippen molar-refractivity contribution < 1.29 is 19.5 Å². The van der Waals surface area contributed by atoms with E-state index in [1.54, 1.807) is 19.2 Å². The van der Waals surface area contributed by atoms with Gasteiger partial charge in [-0.2, -0.15) is 4.98 Å². The molecule has 1 heterocycles. The summed E-state index contributed by atoms with van der Waals surface area (Å²) in [4.78, 5) is 4.22.